The molecular formula is C41H30NO3P. The quantitative estimate of drug-likeness (QED) is 0.126. The summed E-state index contributed by atoms with van der Waals surface area (Å²) in [6, 6.07) is 56.0. The van der Waals surface area contributed by atoms with E-state index >= 15 is 4.57 Å². The van der Waals surface area contributed by atoms with Crippen molar-refractivity contribution in [1.29, 1.82) is 0 Å². The topological polar surface area (TPSA) is 39.9 Å². The zero-order valence-corrected chi connectivity index (χ0v) is 25.8. The molecule has 5 heteroatoms. The van der Waals surface area contributed by atoms with E-state index in [2.05, 4.69) is 65.2 Å². The molecule has 0 radical (unpaired) electrons. The van der Waals surface area contributed by atoms with Crippen molar-refractivity contribution in [3.05, 3.63) is 187 Å². The highest BCUT2D eigenvalue weighted by molar-refractivity contribution is 7.55. The number of rotatable bonds is 8. The molecule has 222 valence electrons. The first-order valence-electron chi connectivity index (χ1n) is 15.3. The molecule has 0 saturated heterocycles. The molecule has 0 saturated carbocycles. The number of benzene rings is 6. The summed E-state index contributed by atoms with van der Waals surface area (Å²) in [7, 11) is -4.12. The predicted octanol–water partition coefficient (Wildman–Crippen LogP) is 11.4. The Morgan fingerprint density at radius 1 is 0.522 bits per heavy atom. The van der Waals surface area contributed by atoms with Crippen LogP contribution < -0.4 is 9.05 Å². The molecule has 1 atom stereocenters. The molecule has 0 fully saturated rings. The average molecular weight is 616 g/mol. The van der Waals surface area contributed by atoms with Crippen molar-refractivity contribution in [2.45, 2.75) is 5.66 Å². The zero-order valence-electron chi connectivity index (χ0n) is 24.9. The maximum Gasteiger partial charge on any atom is 0.442 e. The van der Waals surface area contributed by atoms with E-state index in [1.165, 1.54) is 0 Å². The standard InChI is InChI=1S/C41H30NO3P/c43-46(44-33-20-6-2-7-21-33,45-34-22-8-3-9-23-34)41(40-35-24-12-10-18-31(35)28-32-19-11-13-25-36(32)40)37-29-39(30-16-4-1-5-17-30)42-27-15-14-26-38(37)42/h1-29,41H. The van der Waals surface area contributed by atoms with Gasteiger partial charge in [0.05, 0.1) is 11.2 Å². The summed E-state index contributed by atoms with van der Waals surface area (Å²) in [5.74, 6) is 0.950. The number of para-hydroxylation sites is 2. The molecular weight excluding hydrogens is 585 g/mol. The number of pyridine rings is 1. The van der Waals surface area contributed by atoms with Crippen molar-refractivity contribution in [3.8, 4) is 22.8 Å². The zero-order chi connectivity index (χ0) is 30.9. The molecule has 0 aliphatic carbocycles. The SMILES string of the molecule is O=P(Oc1ccccc1)(Oc1ccccc1)C(c1c2ccccc2cc2ccccc12)c1cc(-c2ccccc2)n2ccccc12. The first-order valence-corrected chi connectivity index (χ1v) is 16.9. The number of nitrogens with zero attached hydrogens (tertiary/aromatic N) is 1. The Hall–Kier alpha value is -5.57. The second-order valence-electron chi connectivity index (χ2n) is 11.3. The summed E-state index contributed by atoms with van der Waals surface area (Å²) >= 11 is 0. The van der Waals surface area contributed by atoms with E-state index in [0.717, 1.165) is 49.4 Å². The van der Waals surface area contributed by atoms with Gasteiger partial charge in [0.15, 0.2) is 0 Å². The van der Waals surface area contributed by atoms with E-state index < -0.39 is 13.3 Å². The van der Waals surface area contributed by atoms with Gasteiger partial charge in [0.25, 0.3) is 0 Å². The van der Waals surface area contributed by atoms with Crippen LogP contribution >= 0.6 is 7.60 Å². The predicted molar refractivity (Wildman–Crippen MR) is 188 cm³/mol. The van der Waals surface area contributed by atoms with Gasteiger partial charge in [-0.3, -0.25) is 0 Å². The molecule has 0 amide bonds. The minimum Gasteiger partial charge on any atom is -0.415 e. The summed E-state index contributed by atoms with van der Waals surface area (Å²) in [4.78, 5) is 0. The van der Waals surface area contributed by atoms with Crippen molar-refractivity contribution >= 4 is 34.7 Å². The fraction of sp³-hybridized carbons (Fsp3) is 0.0244. The van der Waals surface area contributed by atoms with E-state index in [1.807, 2.05) is 115 Å². The average Bonchev–Trinajstić information content (AvgIpc) is 3.48. The Bertz CT molecular complexity index is 2250. The van der Waals surface area contributed by atoms with Crippen LogP contribution in [0.5, 0.6) is 11.5 Å². The Morgan fingerprint density at radius 2 is 1.02 bits per heavy atom. The maximum absolute atomic E-state index is 16.1. The number of hydrogen-bond donors (Lipinski definition) is 0. The third-order valence-corrected chi connectivity index (χ3v) is 10.5. The van der Waals surface area contributed by atoms with Gasteiger partial charge >= 0.3 is 7.60 Å². The van der Waals surface area contributed by atoms with Crippen LogP contribution in [0.3, 0.4) is 0 Å². The largest absolute Gasteiger partial charge is 0.442 e. The summed E-state index contributed by atoms with van der Waals surface area (Å²) in [6.45, 7) is 0. The van der Waals surface area contributed by atoms with Crippen LogP contribution in [-0.4, -0.2) is 4.40 Å². The number of hydrogen-bond acceptors (Lipinski definition) is 3. The first kappa shape index (κ1) is 27.9. The molecule has 6 aromatic carbocycles. The Balaban J connectivity index is 1.50. The van der Waals surface area contributed by atoms with Crippen LogP contribution in [-0.2, 0) is 4.57 Å². The van der Waals surface area contributed by atoms with Crippen LogP contribution in [0, 0.1) is 0 Å². The van der Waals surface area contributed by atoms with Gasteiger partial charge in [0.2, 0.25) is 0 Å². The van der Waals surface area contributed by atoms with Crippen LogP contribution in [0.1, 0.15) is 16.8 Å². The van der Waals surface area contributed by atoms with Crippen molar-refractivity contribution in [2.24, 2.45) is 0 Å². The first-order chi connectivity index (χ1) is 22.7. The highest BCUT2D eigenvalue weighted by atomic mass is 31.2. The van der Waals surface area contributed by atoms with Gasteiger partial charge in [-0.1, -0.05) is 121 Å². The van der Waals surface area contributed by atoms with E-state index in [9.17, 15) is 0 Å². The molecule has 0 N–H and O–H groups in total. The monoisotopic (exact) mass is 615 g/mol. The van der Waals surface area contributed by atoms with E-state index in [0.29, 0.717) is 11.5 Å². The van der Waals surface area contributed by atoms with Crippen LogP contribution in [0.15, 0.2) is 176 Å². The van der Waals surface area contributed by atoms with Gasteiger partial charge in [-0.05, 0) is 81.2 Å². The van der Waals surface area contributed by atoms with Crippen LogP contribution in [0.4, 0.5) is 0 Å². The lowest BCUT2D eigenvalue weighted by molar-refractivity contribution is 0.378. The molecule has 2 aromatic heterocycles. The van der Waals surface area contributed by atoms with Crippen molar-refractivity contribution in [1.82, 2.24) is 4.40 Å². The third kappa shape index (κ3) is 5.03. The van der Waals surface area contributed by atoms with Crippen LogP contribution in [0.2, 0.25) is 0 Å². The van der Waals surface area contributed by atoms with Gasteiger partial charge in [0, 0.05) is 11.8 Å². The Kier molecular flexibility index (Phi) is 7.13. The lowest BCUT2D eigenvalue weighted by Crippen LogP contribution is -2.13. The van der Waals surface area contributed by atoms with Gasteiger partial charge < -0.3 is 13.4 Å². The minimum atomic E-state index is -4.12. The van der Waals surface area contributed by atoms with E-state index in [4.69, 9.17) is 9.05 Å². The van der Waals surface area contributed by atoms with E-state index in [-0.39, 0.29) is 0 Å². The molecule has 4 nitrogen and oxygen atoms in total. The van der Waals surface area contributed by atoms with Crippen molar-refractivity contribution in [2.75, 3.05) is 0 Å². The summed E-state index contributed by atoms with van der Waals surface area (Å²) in [5, 5.41) is 4.10. The molecule has 0 aliphatic rings. The highest BCUT2D eigenvalue weighted by Gasteiger charge is 2.45. The second kappa shape index (κ2) is 11.7. The molecule has 1 unspecified atom stereocenters. The second-order valence-corrected chi connectivity index (χ2v) is 13.3. The maximum atomic E-state index is 16.1. The van der Waals surface area contributed by atoms with Gasteiger partial charge in [-0.2, -0.15) is 0 Å². The number of fused-ring (bicyclic) bond motifs is 3. The minimum absolute atomic E-state index is 0.475. The molecule has 2 heterocycles. The summed E-state index contributed by atoms with van der Waals surface area (Å²) in [6.07, 6.45) is 2.06. The summed E-state index contributed by atoms with van der Waals surface area (Å²) < 4.78 is 31.6. The van der Waals surface area contributed by atoms with Crippen molar-refractivity contribution < 1.29 is 13.6 Å². The molecule has 8 rings (SSSR count). The fourth-order valence-corrected chi connectivity index (χ4v) is 8.66. The smallest absolute Gasteiger partial charge is 0.415 e. The number of aromatic nitrogens is 1. The lowest BCUT2D eigenvalue weighted by Gasteiger charge is -2.29. The van der Waals surface area contributed by atoms with Crippen LogP contribution in [0.25, 0.3) is 38.3 Å². The molecule has 0 aliphatic heterocycles. The van der Waals surface area contributed by atoms with Gasteiger partial charge in [-0.15, -0.1) is 0 Å². The molecule has 46 heavy (non-hydrogen) atoms. The highest BCUT2D eigenvalue weighted by Crippen LogP contribution is 2.65. The molecule has 0 spiro atoms. The molecule has 0 bridgehead atoms. The van der Waals surface area contributed by atoms with Gasteiger partial charge in [0.1, 0.15) is 17.2 Å². The third-order valence-electron chi connectivity index (χ3n) is 8.43. The molecule has 8 aromatic rings. The normalized spacial score (nSPS) is 12.3. The van der Waals surface area contributed by atoms with Gasteiger partial charge in [-0.25, -0.2) is 4.57 Å². The fourth-order valence-electron chi connectivity index (χ4n) is 6.44. The summed E-state index contributed by atoms with van der Waals surface area (Å²) in [5.41, 5.74) is 3.93. The van der Waals surface area contributed by atoms with Crippen molar-refractivity contribution in [3.63, 3.8) is 0 Å². The lowest BCUT2D eigenvalue weighted by atomic mass is 9.92. The Labute approximate surface area is 267 Å². The van der Waals surface area contributed by atoms with E-state index in [1.54, 1.807) is 0 Å². The Morgan fingerprint density at radius 3 is 1.61 bits per heavy atom.